The van der Waals surface area contributed by atoms with Crippen LogP contribution < -0.4 is 14.8 Å². The van der Waals surface area contributed by atoms with Crippen LogP contribution in [0.25, 0.3) is 10.6 Å². The molecule has 1 amide bonds. The first-order valence-electron chi connectivity index (χ1n) is 7.23. The summed E-state index contributed by atoms with van der Waals surface area (Å²) in [5.41, 5.74) is 1.87. The van der Waals surface area contributed by atoms with E-state index in [1.807, 2.05) is 24.6 Å². The molecule has 2 heterocycles. The van der Waals surface area contributed by atoms with Gasteiger partial charge in [0.15, 0.2) is 17.2 Å². The van der Waals surface area contributed by atoms with Crippen molar-refractivity contribution in [1.29, 1.82) is 0 Å². The van der Waals surface area contributed by atoms with Gasteiger partial charge in [-0.15, -0.1) is 11.3 Å². The highest BCUT2D eigenvalue weighted by molar-refractivity contribution is 7.13. The van der Waals surface area contributed by atoms with E-state index < -0.39 is 0 Å². The fourth-order valence-corrected chi connectivity index (χ4v) is 3.11. The number of aromatic nitrogens is 2. The van der Waals surface area contributed by atoms with Crippen molar-refractivity contribution in [3.63, 3.8) is 0 Å². The van der Waals surface area contributed by atoms with Crippen molar-refractivity contribution in [2.45, 2.75) is 0 Å². The molecule has 6 nitrogen and oxygen atoms in total. The van der Waals surface area contributed by atoms with E-state index in [9.17, 15) is 4.79 Å². The van der Waals surface area contributed by atoms with Gasteiger partial charge in [0, 0.05) is 18.8 Å². The van der Waals surface area contributed by atoms with E-state index in [0.29, 0.717) is 22.9 Å². The van der Waals surface area contributed by atoms with Crippen LogP contribution in [0.15, 0.2) is 41.8 Å². The third-order valence-corrected chi connectivity index (χ3v) is 4.42. The molecule has 0 spiro atoms. The zero-order valence-corrected chi connectivity index (χ0v) is 14.4. The summed E-state index contributed by atoms with van der Waals surface area (Å²) >= 11 is 1.61. The number of benzene rings is 1. The number of aryl methyl sites for hydroxylation is 1. The first kappa shape index (κ1) is 16.1. The molecule has 0 radical (unpaired) electrons. The number of nitrogens with zero attached hydrogens (tertiary/aromatic N) is 2. The average molecular weight is 343 g/mol. The maximum absolute atomic E-state index is 12.4. The Bertz CT molecular complexity index is 856. The van der Waals surface area contributed by atoms with E-state index >= 15 is 0 Å². The van der Waals surface area contributed by atoms with Gasteiger partial charge in [0.05, 0.1) is 24.8 Å². The minimum absolute atomic E-state index is 0.277. The lowest BCUT2D eigenvalue weighted by molar-refractivity contribution is 0.102. The molecule has 0 saturated heterocycles. The van der Waals surface area contributed by atoms with Gasteiger partial charge in [0.2, 0.25) is 0 Å². The van der Waals surface area contributed by atoms with Gasteiger partial charge in [-0.3, -0.25) is 9.48 Å². The SMILES string of the molecule is COc1ccc(NC(=O)c2cc(-c3cccs3)n(C)n2)cc1OC. The van der Waals surface area contributed by atoms with Gasteiger partial charge in [-0.1, -0.05) is 6.07 Å². The van der Waals surface area contributed by atoms with Crippen molar-refractivity contribution in [3.8, 4) is 22.1 Å². The smallest absolute Gasteiger partial charge is 0.276 e. The number of thiophene rings is 1. The summed E-state index contributed by atoms with van der Waals surface area (Å²) in [7, 11) is 4.94. The Labute approximate surface area is 143 Å². The Morgan fingerprint density at radius 3 is 2.62 bits per heavy atom. The van der Waals surface area contributed by atoms with Crippen LogP contribution in [0.2, 0.25) is 0 Å². The summed E-state index contributed by atoms with van der Waals surface area (Å²) in [6.07, 6.45) is 0. The molecule has 0 aliphatic rings. The zero-order valence-electron chi connectivity index (χ0n) is 13.6. The molecule has 0 atom stereocenters. The lowest BCUT2D eigenvalue weighted by Crippen LogP contribution is -2.13. The average Bonchev–Trinajstić information content (AvgIpc) is 3.23. The van der Waals surface area contributed by atoms with E-state index in [1.54, 1.807) is 54.5 Å². The highest BCUT2D eigenvalue weighted by Gasteiger charge is 2.15. The van der Waals surface area contributed by atoms with Crippen LogP contribution >= 0.6 is 11.3 Å². The molecule has 1 aromatic carbocycles. The molecule has 2 aromatic heterocycles. The second kappa shape index (κ2) is 6.76. The van der Waals surface area contributed by atoms with Crippen molar-refractivity contribution < 1.29 is 14.3 Å². The zero-order chi connectivity index (χ0) is 17.1. The summed E-state index contributed by atoms with van der Waals surface area (Å²) in [5, 5.41) is 9.11. The van der Waals surface area contributed by atoms with Crippen LogP contribution in [-0.4, -0.2) is 29.9 Å². The van der Waals surface area contributed by atoms with E-state index in [4.69, 9.17) is 9.47 Å². The molecule has 1 N–H and O–H groups in total. The summed E-state index contributed by atoms with van der Waals surface area (Å²) < 4.78 is 12.1. The molecule has 0 aliphatic carbocycles. The number of anilines is 1. The monoisotopic (exact) mass is 343 g/mol. The fourth-order valence-electron chi connectivity index (χ4n) is 2.34. The van der Waals surface area contributed by atoms with E-state index in [2.05, 4.69) is 10.4 Å². The molecule has 0 saturated carbocycles. The number of carbonyl (C=O) groups excluding carboxylic acids is 1. The van der Waals surface area contributed by atoms with Crippen LogP contribution in [-0.2, 0) is 7.05 Å². The van der Waals surface area contributed by atoms with Gasteiger partial charge < -0.3 is 14.8 Å². The Morgan fingerprint density at radius 2 is 1.96 bits per heavy atom. The molecule has 124 valence electrons. The topological polar surface area (TPSA) is 65.4 Å². The lowest BCUT2D eigenvalue weighted by Gasteiger charge is -2.09. The lowest BCUT2D eigenvalue weighted by atomic mass is 10.2. The summed E-state index contributed by atoms with van der Waals surface area (Å²) in [6.45, 7) is 0. The van der Waals surface area contributed by atoms with Crippen LogP contribution in [0.4, 0.5) is 5.69 Å². The highest BCUT2D eigenvalue weighted by atomic mass is 32.1. The third kappa shape index (κ3) is 3.11. The van der Waals surface area contributed by atoms with Crippen LogP contribution in [0.1, 0.15) is 10.5 Å². The maximum atomic E-state index is 12.4. The predicted molar refractivity (Wildman–Crippen MR) is 94.0 cm³/mol. The van der Waals surface area contributed by atoms with Gasteiger partial charge in [0.25, 0.3) is 5.91 Å². The van der Waals surface area contributed by atoms with Crippen molar-refractivity contribution in [2.24, 2.45) is 7.05 Å². The Kier molecular flexibility index (Phi) is 4.52. The molecule has 7 heteroatoms. The number of amides is 1. The second-order valence-electron chi connectivity index (χ2n) is 5.04. The van der Waals surface area contributed by atoms with Gasteiger partial charge in [-0.25, -0.2) is 0 Å². The van der Waals surface area contributed by atoms with Crippen molar-refractivity contribution in [2.75, 3.05) is 19.5 Å². The Morgan fingerprint density at radius 1 is 1.17 bits per heavy atom. The van der Waals surface area contributed by atoms with Crippen molar-refractivity contribution >= 4 is 22.9 Å². The first-order valence-corrected chi connectivity index (χ1v) is 8.11. The largest absolute Gasteiger partial charge is 0.493 e. The minimum atomic E-state index is -0.277. The molecule has 24 heavy (non-hydrogen) atoms. The standard InChI is InChI=1S/C17H17N3O3S/c1-20-13(16-5-4-8-24-16)10-12(19-20)17(21)18-11-6-7-14(22-2)15(9-11)23-3/h4-10H,1-3H3,(H,18,21). The van der Waals surface area contributed by atoms with Crippen LogP contribution in [0, 0.1) is 0 Å². The second-order valence-corrected chi connectivity index (χ2v) is 5.99. The number of hydrogen-bond donors (Lipinski definition) is 1. The van der Waals surface area contributed by atoms with Gasteiger partial charge >= 0.3 is 0 Å². The van der Waals surface area contributed by atoms with Crippen LogP contribution in [0.5, 0.6) is 11.5 Å². The van der Waals surface area contributed by atoms with Crippen molar-refractivity contribution in [3.05, 3.63) is 47.5 Å². The third-order valence-electron chi connectivity index (χ3n) is 3.53. The molecule has 0 fully saturated rings. The number of methoxy groups -OCH3 is 2. The number of carbonyl (C=O) groups is 1. The normalized spacial score (nSPS) is 10.5. The van der Waals surface area contributed by atoms with Crippen LogP contribution in [0.3, 0.4) is 0 Å². The highest BCUT2D eigenvalue weighted by Crippen LogP contribution is 2.30. The Balaban J connectivity index is 1.82. The number of ether oxygens (including phenoxy) is 2. The van der Waals surface area contributed by atoms with Gasteiger partial charge in [0.1, 0.15) is 0 Å². The van der Waals surface area contributed by atoms with Crippen molar-refractivity contribution in [1.82, 2.24) is 9.78 Å². The van der Waals surface area contributed by atoms with E-state index in [-0.39, 0.29) is 5.91 Å². The van der Waals surface area contributed by atoms with Gasteiger partial charge in [-0.2, -0.15) is 5.10 Å². The summed E-state index contributed by atoms with van der Waals surface area (Å²) in [4.78, 5) is 13.5. The number of rotatable bonds is 5. The number of nitrogens with one attached hydrogen (secondary N) is 1. The van der Waals surface area contributed by atoms with E-state index in [0.717, 1.165) is 10.6 Å². The molecular weight excluding hydrogens is 326 g/mol. The quantitative estimate of drug-likeness (QED) is 0.771. The molecule has 3 aromatic rings. The summed E-state index contributed by atoms with van der Waals surface area (Å²) in [6, 6.07) is 10.9. The molecule has 3 rings (SSSR count). The number of hydrogen-bond acceptors (Lipinski definition) is 5. The first-order chi connectivity index (χ1) is 11.6. The minimum Gasteiger partial charge on any atom is -0.493 e. The Hall–Kier alpha value is -2.80. The maximum Gasteiger partial charge on any atom is 0.276 e. The van der Waals surface area contributed by atoms with Gasteiger partial charge in [-0.05, 0) is 29.6 Å². The molecule has 0 unspecified atom stereocenters. The molecule has 0 bridgehead atoms. The van der Waals surface area contributed by atoms with E-state index in [1.165, 1.54) is 0 Å². The fraction of sp³-hybridized carbons (Fsp3) is 0.176. The predicted octanol–water partition coefficient (Wildman–Crippen LogP) is 3.42. The molecular formula is C17H17N3O3S. The summed E-state index contributed by atoms with van der Waals surface area (Å²) in [5.74, 6) is 0.879. The molecule has 0 aliphatic heterocycles.